The number of alkyl halides is 2. The van der Waals surface area contributed by atoms with Crippen LogP contribution in [0.2, 0.25) is 0 Å². The number of rotatable bonds is 3. The first-order valence-electron chi connectivity index (χ1n) is 4.41. The predicted molar refractivity (Wildman–Crippen MR) is 51.2 cm³/mol. The normalized spacial score (nSPS) is 10.5. The third kappa shape index (κ3) is 2.18. The van der Waals surface area contributed by atoms with Gasteiger partial charge in [0, 0.05) is 6.20 Å². The number of anilines is 1. The number of nitrogen functional groups attached to an aromatic ring is 1. The lowest BCUT2D eigenvalue weighted by atomic mass is 10.2. The number of pyridine rings is 1. The lowest BCUT2D eigenvalue weighted by Gasteiger charge is -2.09. The highest BCUT2D eigenvalue weighted by atomic mass is 19.3. The molecule has 1 aromatic rings. The molecule has 0 aromatic carbocycles. The average molecular weight is 232 g/mol. The summed E-state index contributed by atoms with van der Waals surface area (Å²) in [4.78, 5) is 14.6. The number of carbonyl (C=O) groups is 1. The van der Waals surface area contributed by atoms with Crippen LogP contribution in [-0.4, -0.2) is 22.7 Å². The van der Waals surface area contributed by atoms with Crippen LogP contribution in [0.15, 0.2) is 6.20 Å². The zero-order valence-electron chi connectivity index (χ0n) is 8.41. The van der Waals surface area contributed by atoms with Crippen molar-refractivity contribution in [1.29, 1.82) is 0 Å². The Hall–Kier alpha value is -1.92. The molecule has 5 nitrogen and oxygen atoms in total. The van der Waals surface area contributed by atoms with E-state index in [0.717, 1.165) is 6.20 Å². The maximum atomic E-state index is 12.3. The van der Waals surface area contributed by atoms with E-state index in [1.54, 1.807) is 6.92 Å². The second kappa shape index (κ2) is 4.73. The molecule has 0 bridgehead atoms. The number of aromatic nitrogens is 1. The lowest BCUT2D eigenvalue weighted by molar-refractivity contribution is 0.0515. The van der Waals surface area contributed by atoms with Gasteiger partial charge in [0.2, 0.25) is 0 Å². The molecule has 0 fully saturated rings. The van der Waals surface area contributed by atoms with Crippen LogP contribution in [0.4, 0.5) is 14.5 Å². The molecule has 0 aliphatic rings. The van der Waals surface area contributed by atoms with Crippen LogP contribution in [0.3, 0.4) is 0 Å². The third-order valence-electron chi connectivity index (χ3n) is 1.83. The van der Waals surface area contributed by atoms with Crippen LogP contribution in [0.1, 0.15) is 29.4 Å². The van der Waals surface area contributed by atoms with E-state index in [9.17, 15) is 18.7 Å². The Morgan fingerprint density at radius 3 is 2.81 bits per heavy atom. The molecule has 0 radical (unpaired) electrons. The molecular formula is C9H10F2N2O3. The van der Waals surface area contributed by atoms with Crippen LogP contribution in [0.5, 0.6) is 5.75 Å². The van der Waals surface area contributed by atoms with E-state index < -0.39 is 35.1 Å². The fraction of sp³-hybridized carbons (Fsp3) is 0.333. The fourth-order valence-electron chi connectivity index (χ4n) is 1.05. The highest BCUT2D eigenvalue weighted by Crippen LogP contribution is 2.33. The summed E-state index contributed by atoms with van der Waals surface area (Å²) in [6, 6.07) is 0. The standard InChI is InChI=1S/C9H10F2N2O3/c1-2-16-9(15)6-7(14)5(12)4(3-13-6)8(10)11/h3,8,14H,2H2,1H3,(H2,12,13). The van der Waals surface area contributed by atoms with E-state index in [1.165, 1.54) is 0 Å². The Morgan fingerprint density at radius 1 is 1.69 bits per heavy atom. The van der Waals surface area contributed by atoms with Gasteiger partial charge >= 0.3 is 5.97 Å². The first-order chi connectivity index (χ1) is 7.49. The van der Waals surface area contributed by atoms with Gasteiger partial charge in [0.25, 0.3) is 6.43 Å². The van der Waals surface area contributed by atoms with E-state index in [2.05, 4.69) is 9.72 Å². The van der Waals surface area contributed by atoms with Crippen LogP contribution in [0, 0.1) is 0 Å². The van der Waals surface area contributed by atoms with Crippen LogP contribution < -0.4 is 5.73 Å². The number of carbonyl (C=O) groups excluding carboxylic acids is 1. The molecule has 0 atom stereocenters. The van der Waals surface area contributed by atoms with Crippen molar-refractivity contribution >= 4 is 11.7 Å². The topological polar surface area (TPSA) is 85.4 Å². The van der Waals surface area contributed by atoms with Crippen molar-refractivity contribution in [2.75, 3.05) is 12.3 Å². The maximum absolute atomic E-state index is 12.3. The van der Waals surface area contributed by atoms with Gasteiger partial charge in [-0.25, -0.2) is 18.6 Å². The molecule has 1 heterocycles. The summed E-state index contributed by atoms with van der Waals surface area (Å²) < 4.78 is 29.2. The second-order valence-electron chi connectivity index (χ2n) is 2.85. The molecule has 1 aromatic heterocycles. The number of esters is 1. The SMILES string of the molecule is CCOC(=O)c1ncc(C(F)F)c(N)c1O. The Bertz CT molecular complexity index is 410. The minimum atomic E-state index is -2.87. The van der Waals surface area contributed by atoms with E-state index in [1.807, 2.05) is 0 Å². The third-order valence-corrected chi connectivity index (χ3v) is 1.83. The molecule has 3 N–H and O–H groups in total. The number of hydrogen-bond donors (Lipinski definition) is 2. The van der Waals surface area contributed by atoms with Gasteiger partial charge in [-0.3, -0.25) is 0 Å². The number of halogens is 2. The van der Waals surface area contributed by atoms with Gasteiger partial charge < -0.3 is 15.6 Å². The van der Waals surface area contributed by atoms with Crippen molar-refractivity contribution < 1.29 is 23.4 Å². The zero-order chi connectivity index (χ0) is 12.3. The van der Waals surface area contributed by atoms with Gasteiger partial charge in [-0.2, -0.15) is 0 Å². The summed E-state index contributed by atoms with van der Waals surface area (Å²) >= 11 is 0. The molecule has 0 aliphatic heterocycles. The number of ether oxygens (including phenoxy) is 1. The fourth-order valence-corrected chi connectivity index (χ4v) is 1.05. The smallest absolute Gasteiger partial charge is 0.360 e. The van der Waals surface area contributed by atoms with Crippen molar-refractivity contribution in [3.63, 3.8) is 0 Å². The molecule has 7 heteroatoms. The molecule has 0 aliphatic carbocycles. The van der Waals surface area contributed by atoms with Gasteiger partial charge in [-0.15, -0.1) is 0 Å². The van der Waals surface area contributed by atoms with E-state index in [4.69, 9.17) is 5.73 Å². The number of hydrogen-bond acceptors (Lipinski definition) is 5. The quantitative estimate of drug-likeness (QED) is 0.771. The second-order valence-corrected chi connectivity index (χ2v) is 2.85. The molecule has 16 heavy (non-hydrogen) atoms. The van der Waals surface area contributed by atoms with Crippen molar-refractivity contribution in [3.8, 4) is 5.75 Å². The maximum Gasteiger partial charge on any atom is 0.360 e. The van der Waals surface area contributed by atoms with Crippen molar-refractivity contribution in [1.82, 2.24) is 4.98 Å². The lowest BCUT2D eigenvalue weighted by Crippen LogP contribution is -2.10. The molecule has 88 valence electrons. The van der Waals surface area contributed by atoms with E-state index >= 15 is 0 Å². The van der Waals surface area contributed by atoms with Gasteiger partial charge in [-0.1, -0.05) is 0 Å². The first kappa shape index (κ1) is 12.2. The average Bonchev–Trinajstić information content (AvgIpc) is 2.21. The molecule has 0 saturated carbocycles. The minimum absolute atomic E-state index is 0.0798. The summed E-state index contributed by atoms with van der Waals surface area (Å²) in [7, 11) is 0. The Balaban J connectivity index is 3.16. The van der Waals surface area contributed by atoms with Crippen molar-refractivity contribution in [2.45, 2.75) is 13.3 Å². The molecule has 0 unspecified atom stereocenters. The van der Waals surface area contributed by atoms with E-state index in [-0.39, 0.29) is 6.61 Å². The molecule has 0 spiro atoms. The van der Waals surface area contributed by atoms with Gasteiger partial charge in [0.05, 0.1) is 17.9 Å². The highest BCUT2D eigenvalue weighted by molar-refractivity contribution is 5.92. The number of nitrogens with two attached hydrogens (primary N) is 1. The number of aromatic hydroxyl groups is 1. The van der Waals surface area contributed by atoms with Crippen LogP contribution >= 0.6 is 0 Å². The summed E-state index contributed by atoms with van der Waals surface area (Å²) in [6.07, 6.45) is -2.12. The van der Waals surface area contributed by atoms with Gasteiger partial charge in [-0.05, 0) is 6.92 Å². The molecule has 0 amide bonds. The van der Waals surface area contributed by atoms with Gasteiger partial charge in [0.15, 0.2) is 11.4 Å². The summed E-state index contributed by atoms with van der Waals surface area (Å²) in [5, 5.41) is 9.40. The minimum Gasteiger partial charge on any atom is -0.504 e. The largest absolute Gasteiger partial charge is 0.504 e. The highest BCUT2D eigenvalue weighted by Gasteiger charge is 2.22. The van der Waals surface area contributed by atoms with Crippen molar-refractivity contribution in [3.05, 3.63) is 17.5 Å². The van der Waals surface area contributed by atoms with Crippen LogP contribution in [-0.2, 0) is 4.74 Å². The Kier molecular flexibility index (Phi) is 3.60. The van der Waals surface area contributed by atoms with Crippen molar-refractivity contribution in [2.24, 2.45) is 0 Å². The Labute approximate surface area is 89.9 Å². The van der Waals surface area contributed by atoms with E-state index in [0.29, 0.717) is 0 Å². The molecular weight excluding hydrogens is 222 g/mol. The van der Waals surface area contributed by atoms with Crippen LogP contribution in [0.25, 0.3) is 0 Å². The zero-order valence-corrected chi connectivity index (χ0v) is 8.41. The molecule has 0 saturated heterocycles. The summed E-state index contributed by atoms with van der Waals surface area (Å²) in [5.41, 5.74) is 3.59. The summed E-state index contributed by atoms with van der Waals surface area (Å²) in [6.45, 7) is 1.64. The first-order valence-corrected chi connectivity index (χ1v) is 4.41. The predicted octanol–water partition coefficient (Wildman–Crippen LogP) is 1.48. The monoisotopic (exact) mass is 232 g/mol. The number of nitrogens with zero attached hydrogens (tertiary/aromatic N) is 1. The summed E-state index contributed by atoms with van der Waals surface area (Å²) in [5.74, 6) is -1.69. The Morgan fingerprint density at radius 2 is 2.31 bits per heavy atom. The molecule has 1 rings (SSSR count). The van der Waals surface area contributed by atoms with Gasteiger partial charge in [0.1, 0.15) is 0 Å².